The van der Waals surface area contributed by atoms with Gasteiger partial charge in [-0.2, -0.15) is 0 Å². The molecule has 0 aromatic heterocycles. The van der Waals surface area contributed by atoms with Gasteiger partial charge in [0.15, 0.2) is 0 Å². The van der Waals surface area contributed by atoms with Gasteiger partial charge in [-0.1, -0.05) is 0 Å². The average Bonchev–Trinajstić information content (AvgIpc) is 2.44. The van der Waals surface area contributed by atoms with Crippen LogP contribution in [0.4, 0.5) is 5.69 Å². The monoisotopic (exact) mass is 256 g/mol. The van der Waals surface area contributed by atoms with E-state index in [0.717, 1.165) is 43.5 Å². The first-order valence-electron chi connectivity index (χ1n) is 6.90. The molecule has 2 heterocycles. The van der Waals surface area contributed by atoms with E-state index in [1.807, 2.05) is 12.4 Å². The normalized spacial score (nSPS) is 18.2. The molecular weight excluding hydrogens is 238 g/mol. The number of benzene rings is 1. The van der Waals surface area contributed by atoms with Crippen LogP contribution in [0, 0.1) is 0 Å². The second-order valence-electron chi connectivity index (χ2n) is 5.42. The van der Waals surface area contributed by atoms with Crippen LogP contribution >= 0.6 is 0 Å². The van der Waals surface area contributed by atoms with Crippen molar-refractivity contribution in [1.29, 1.82) is 0 Å². The second kappa shape index (κ2) is 4.72. The molecule has 0 aliphatic carbocycles. The molecule has 1 aromatic rings. The van der Waals surface area contributed by atoms with E-state index in [2.05, 4.69) is 4.90 Å². The Bertz CT molecular complexity index is 558. The molecule has 0 bridgehead atoms. The van der Waals surface area contributed by atoms with Gasteiger partial charge in [0.2, 0.25) is 6.29 Å². The number of anilines is 1. The Balaban J connectivity index is 2.17. The topological polar surface area (TPSA) is 40.5 Å². The van der Waals surface area contributed by atoms with Crippen molar-refractivity contribution in [2.75, 3.05) is 18.0 Å². The Kier molecular flexibility index (Phi) is 3.05. The van der Waals surface area contributed by atoms with Gasteiger partial charge in [0.1, 0.15) is 5.75 Å². The van der Waals surface area contributed by atoms with Crippen LogP contribution in [0.2, 0.25) is 0 Å². The van der Waals surface area contributed by atoms with E-state index < -0.39 is 0 Å². The van der Waals surface area contributed by atoms with Gasteiger partial charge < -0.3 is 10.0 Å². The van der Waals surface area contributed by atoms with Gasteiger partial charge in [-0.3, -0.25) is 4.79 Å². The summed E-state index contributed by atoms with van der Waals surface area (Å²) in [6.45, 7) is 3.90. The summed E-state index contributed by atoms with van der Waals surface area (Å²) in [6.07, 6.45) is 7.84. The Morgan fingerprint density at radius 2 is 2.11 bits per heavy atom. The zero-order chi connectivity index (χ0) is 13.4. The van der Waals surface area contributed by atoms with Crippen molar-refractivity contribution >= 4 is 18.0 Å². The van der Waals surface area contributed by atoms with Crippen LogP contribution in [0.25, 0.3) is 6.08 Å². The van der Waals surface area contributed by atoms with Gasteiger partial charge in [-0.15, -0.1) is 0 Å². The first-order chi connectivity index (χ1) is 9.20. The Hall–Kier alpha value is -1.77. The van der Waals surface area contributed by atoms with Crippen molar-refractivity contribution in [3.63, 3.8) is 0 Å². The van der Waals surface area contributed by atoms with Gasteiger partial charge in [-0.05, 0) is 50.3 Å². The van der Waals surface area contributed by atoms with E-state index in [0.29, 0.717) is 11.3 Å². The molecular formula is C16H18NO2. The largest absolute Gasteiger partial charge is 0.507 e. The third kappa shape index (κ3) is 2.03. The minimum atomic E-state index is 0.347. The highest BCUT2D eigenvalue weighted by molar-refractivity contribution is 5.84. The summed E-state index contributed by atoms with van der Waals surface area (Å²) in [4.78, 5) is 13.0. The zero-order valence-electron chi connectivity index (χ0n) is 11.2. The van der Waals surface area contributed by atoms with Gasteiger partial charge >= 0.3 is 0 Å². The third-order valence-corrected chi connectivity index (χ3v) is 4.06. The van der Waals surface area contributed by atoms with E-state index in [1.165, 1.54) is 17.7 Å². The molecule has 1 N–H and O–H groups in total. The molecule has 2 aliphatic heterocycles. The van der Waals surface area contributed by atoms with E-state index in [-0.39, 0.29) is 0 Å². The molecule has 0 spiro atoms. The molecule has 0 atom stereocenters. The van der Waals surface area contributed by atoms with Crippen LogP contribution in [-0.2, 0) is 17.6 Å². The molecule has 1 radical (unpaired) electrons. The van der Waals surface area contributed by atoms with Crippen molar-refractivity contribution in [3.8, 4) is 5.75 Å². The SMILES string of the molecule is C/C([C]=O)=C\c1cc2c3c(c1O)CCCN3CCC2. The Labute approximate surface area is 113 Å². The number of aromatic hydroxyl groups is 1. The number of phenolic OH excluding ortho intramolecular Hbond substituents is 1. The molecule has 2 aliphatic rings. The lowest BCUT2D eigenvalue weighted by molar-refractivity contribution is 0.461. The molecule has 0 amide bonds. The summed E-state index contributed by atoms with van der Waals surface area (Å²) in [5, 5.41) is 10.4. The quantitative estimate of drug-likeness (QED) is 0.827. The number of nitrogens with zero attached hydrogens (tertiary/aromatic N) is 1. The summed E-state index contributed by atoms with van der Waals surface area (Å²) in [5.41, 5.74) is 4.90. The molecule has 99 valence electrons. The van der Waals surface area contributed by atoms with E-state index in [1.54, 1.807) is 13.0 Å². The predicted molar refractivity (Wildman–Crippen MR) is 76.3 cm³/mol. The Morgan fingerprint density at radius 1 is 1.37 bits per heavy atom. The molecule has 3 rings (SSSR count). The summed E-state index contributed by atoms with van der Waals surface area (Å²) in [5.74, 6) is 0.347. The maximum Gasteiger partial charge on any atom is 0.228 e. The lowest BCUT2D eigenvalue weighted by atomic mass is 9.89. The van der Waals surface area contributed by atoms with E-state index in [9.17, 15) is 9.90 Å². The lowest BCUT2D eigenvalue weighted by Gasteiger charge is -2.37. The van der Waals surface area contributed by atoms with Crippen LogP contribution in [0.15, 0.2) is 11.6 Å². The number of phenols is 1. The van der Waals surface area contributed by atoms with Crippen LogP contribution in [0.1, 0.15) is 36.5 Å². The second-order valence-corrected chi connectivity index (χ2v) is 5.42. The van der Waals surface area contributed by atoms with Crippen LogP contribution in [0.3, 0.4) is 0 Å². The molecule has 0 saturated carbocycles. The van der Waals surface area contributed by atoms with Crippen molar-refractivity contribution in [2.45, 2.75) is 32.6 Å². The minimum absolute atomic E-state index is 0.347. The maximum atomic E-state index is 10.6. The van der Waals surface area contributed by atoms with Gasteiger partial charge in [0, 0.05) is 35.5 Å². The van der Waals surface area contributed by atoms with Gasteiger partial charge in [0.05, 0.1) is 0 Å². The van der Waals surface area contributed by atoms with Crippen molar-refractivity contribution in [3.05, 3.63) is 28.3 Å². The molecule has 3 heteroatoms. The summed E-state index contributed by atoms with van der Waals surface area (Å²) >= 11 is 0. The lowest BCUT2D eigenvalue weighted by Crippen LogP contribution is -2.34. The number of rotatable bonds is 2. The predicted octanol–water partition coefficient (Wildman–Crippen LogP) is 2.60. The molecule has 0 fully saturated rings. The highest BCUT2D eigenvalue weighted by Gasteiger charge is 2.27. The summed E-state index contributed by atoms with van der Waals surface area (Å²) in [6, 6.07) is 2.03. The number of aryl methyl sites for hydroxylation is 1. The highest BCUT2D eigenvalue weighted by Crippen LogP contribution is 2.42. The number of allylic oxidation sites excluding steroid dienone is 1. The standard InChI is InChI=1S/C16H18NO2/c1-11(10-18)8-13-9-12-4-2-6-17-7-3-5-14(15(12)17)16(13)19/h8-9,19H,2-7H2,1H3/b11-8+. The smallest absolute Gasteiger partial charge is 0.228 e. The fraction of sp³-hybridized carbons (Fsp3) is 0.438. The molecule has 3 nitrogen and oxygen atoms in total. The molecule has 1 aromatic carbocycles. The van der Waals surface area contributed by atoms with Gasteiger partial charge in [-0.25, -0.2) is 0 Å². The maximum absolute atomic E-state index is 10.6. The molecule has 0 saturated heterocycles. The number of hydrogen-bond acceptors (Lipinski definition) is 3. The average molecular weight is 256 g/mol. The fourth-order valence-corrected chi connectivity index (χ4v) is 3.24. The van der Waals surface area contributed by atoms with Gasteiger partial charge in [0.25, 0.3) is 0 Å². The highest BCUT2D eigenvalue weighted by atomic mass is 16.3. The fourth-order valence-electron chi connectivity index (χ4n) is 3.24. The molecule has 19 heavy (non-hydrogen) atoms. The molecule has 0 unspecified atom stereocenters. The Morgan fingerprint density at radius 3 is 2.84 bits per heavy atom. The van der Waals surface area contributed by atoms with E-state index >= 15 is 0 Å². The van der Waals surface area contributed by atoms with Crippen molar-refractivity contribution in [2.24, 2.45) is 0 Å². The van der Waals surface area contributed by atoms with Crippen molar-refractivity contribution < 1.29 is 9.90 Å². The zero-order valence-corrected chi connectivity index (χ0v) is 11.2. The number of hydrogen-bond donors (Lipinski definition) is 1. The third-order valence-electron chi connectivity index (χ3n) is 4.06. The number of carbonyl (C=O) groups excluding carboxylic acids is 1. The van der Waals surface area contributed by atoms with Crippen molar-refractivity contribution in [1.82, 2.24) is 0 Å². The minimum Gasteiger partial charge on any atom is -0.507 e. The first-order valence-corrected chi connectivity index (χ1v) is 6.90. The summed E-state index contributed by atoms with van der Waals surface area (Å²) < 4.78 is 0. The van der Waals surface area contributed by atoms with Crippen LogP contribution < -0.4 is 4.90 Å². The summed E-state index contributed by atoms with van der Waals surface area (Å²) in [7, 11) is 0. The van der Waals surface area contributed by atoms with Crippen LogP contribution in [-0.4, -0.2) is 24.5 Å². The first kappa shape index (κ1) is 12.3. The van der Waals surface area contributed by atoms with E-state index in [4.69, 9.17) is 0 Å². The van der Waals surface area contributed by atoms with Crippen LogP contribution in [0.5, 0.6) is 5.75 Å².